The summed E-state index contributed by atoms with van der Waals surface area (Å²) in [6.45, 7) is 3.05. The van der Waals surface area contributed by atoms with Crippen molar-refractivity contribution in [1.82, 2.24) is 20.0 Å². The molecule has 1 N–H and O–H groups in total. The van der Waals surface area contributed by atoms with Crippen LogP contribution in [0.1, 0.15) is 21.9 Å². The number of aromatic nitrogens is 4. The fourth-order valence-electron chi connectivity index (χ4n) is 1.67. The van der Waals surface area contributed by atoms with Crippen molar-refractivity contribution in [3.05, 3.63) is 39.3 Å². The molecular formula is C10H9N5O4. The Hall–Kier alpha value is -2.84. The van der Waals surface area contributed by atoms with E-state index in [4.69, 9.17) is 5.11 Å². The van der Waals surface area contributed by atoms with Gasteiger partial charge in [-0.1, -0.05) is 0 Å². The summed E-state index contributed by atoms with van der Waals surface area (Å²) in [5.41, 5.74) is 0.260. The molecule has 0 aliphatic carbocycles. The van der Waals surface area contributed by atoms with Gasteiger partial charge in [0.25, 0.3) is 0 Å². The van der Waals surface area contributed by atoms with Crippen molar-refractivity contribution < 1.29 is 14.8 Å². The van der Waals surface area contributed by atoms with E-state index in [-0.39, 0.29) is 22.9 Å². The maximum Gasteiger partial charge on any atom is 0.356 e. The molecule has 0 saturated heterocycles. The van der Waals surface area contributed by atoms with Gasteiger partial charge < -0.3 is 5.11 Å². The molecule has 2 rings (SSSR count). The van der Waals surface area contributed by atoms with Gasteiger partial charge in [0.1, 0.15) is 11.4 Å². The number of carboxylic acid groups (broad SMARTS) is 1. The van der Waals surface area contributed by atoms with Gasteiger partial charge in [0, 0.05) is 0 Å². The number of carboxylic acids is 1. The van der Waals surface area contributed by atoms with Crippen molar-refractivity contribution in [1.29, 1.82) is 0 Å². The number of nitro groups is 1. The van der Waals surface area contributed by atoms with Crippen molar-refractivity contribution in [3.8, 4) is 5.82 Å². The summed E-state index contributed by atoms with van der Waals surface area (Å²) >= 11 is 0. The molecule has 0 radical (unpaired) electrons. The number of rotatable bonds is 3. The van der Waals surface area contributed by atoms with Gasteiger partial charge in [-0.2, -0.15) is 5.10 Å². The quantitative estimate of drug-likeness (QED) is 0.643. The lowest BCUT2D eigenvalue weighted by atomic mass is 10.3. The zero-order valence-electron chi connectivity index (χ0n) is 10.1. The van der Waals surface area contributed by atoms with E-state index < -0.39 is 10.9 Å². The van der Waals surface area contributed by atoms with Crippen LogP contribution in [0, 0.1) is 24.0 Å². The van der Waals surface area contributed by atoms with E-state index in [1.54, 1.807) is 0 Å². The van der Waals surface area contributed by atoms with Gasteiger partial charge in [-0.05, 0) is 26.0 Å². The van der Waals surface area contributed by atoms with Crippen LogP contribution in [0.5, 0.6) is 0 Å². The van der Waals surface area contributed by atoms with Gasteiger partial charge in [0.05, 0.1) is 4.92 Å². The first-order valence-electron chi connectivity index (χ1n) is 5.20. The summed E-state index contributed by atoms with van der Waals surface area (Å²) in [5.74, 6) is -0.975. The minimum Gasteiger partial charge on any atom is -0.476 e. The van der Waals surface area contributed by atoms with Gasteiger partial charge in [0.2, 0.25) is 0 Å². The van der Waals surface area contributed by atoms with Crippen LogP contribution in [-0.2, 0) is 0 Å². The number of aromatic carboxylic acids is 1. The Morgan fingerprint density at radius 3 is 2.47 bits per heavy atom. The van der Waals surface area contributed by atoms with Crippen LogP contribution < -0.4 is 0 Å². The van der Waals surface area contributed by atoms with Crippen LogP contribution in [0.4, 0.5) is 5.69 Å². The molecule has 0 bridgehead atoms. The molecule has 98 valence electrons. The third-order valence-electron chi connectivity index (χ3n) is 2.52. The molecule has 0 amide bonds. The molecule has 9 heteroatoms. The first-order valence-corrected chi connectivity index (χ1v) is 5.20. The number of nitrogens with zero attached hydrogens (tertiary/aromatic N) is 5. The lowest BCUT2D eigenvalue weighted by molar-refractivity contribution is -0.386. The van der Waals surface area contributed by atoms with Crippen LogP contribution >= 0.6 is 0 Å². The van der Waals surface area contributed by atoms with Crippen molar-refractivity contribution in [2.45, 2.75) is 13.8 Å². The predicted octanol–water partition coefficient (Wildman–Crippen LogP) is 0.886. The van der Waals surface area contributed by atoms with Gasteiger partial charge in [-0.15, -0.1) is 10.2 Å². The zero-order chi connectivity index (χ0) is 14.2. The lowest BCUT2D eigenvalue weighted by Crippen LogP contribution is -2.07. The molecule has 9 nitrogen and oxygen atoms in total. The second-order valence-electron chi connectivity index (χ2n) is 3.77. The molecule has 0 saturated carbocycles. The Balaban J connectivity index is 2.51. The van der Waals surface area contributed by atoms with Gasteiger partial charge in [-0.3, -0.25) is 10.1 Å². The summed E-state index contributed by atoms with van der Waals surface area (Å²) in [5, 5.41) is 30.8. The number of hydrogen-bond acceptors (Lipinski definition) is 6. The van der Waals surface area contributed by atoms with Crippen LogP contribution in [0.2, 0.25) is 0 Å². The Labute approximate surface area is 106 Å². The van der Waals surface area contributed by atoms with E-state index in [9.17, 15) is 14.9 Å². The fourth-order valence-corrected chi connectivity index (χ4v) is 1.67. The topological polar surface area (TPSA) is 124 Å². The van der Waals surface area contributed by atoms with Gasteiger partial charge >= 0.3 is 11.7 Å². The van der Waals surface area contributed by atoms with Crippen LogP contribution in [0.3, 0.4) is 0 Å². The Morgan fingerprint density at radius 2 is 2.05 bits per heavy atom. The normalized spacial score (nSPS) is 10.4. The first-order chi connectivity index (χ1) is 8.91. The maximum atomic E-state index is 10.9. The third kappa shape index (κ3) is 2.12. The summed E-state index contributed by atoms with van der Waals surface area (Å²) in [6, 6.07) is 2.65. The maximum absolute atomic E-state index is 10.9. The average molecular weight is 263 g/mol. The standard InChI is InChI=1S/C10H9N5O4/c1-5-9(15(18)19)6(2)14(13-5)8-4-3-7(10(16)17)11-12-8/h3-4H,1-2H3,(H,16,17). The van der Waals surface area contributed by atoms with Crippen LogP contribution in [-0.4, -0.2) is 36.0 Å². The predicted molar refractivity (Wildman–Crippen MR) is 62.2 cm³/mol. The second-order valence-corrected chi connectivity index (χ2v) is 3.77. The minimum absolute atomic E-state index is 0.0934. The highest BCUT2D eigenvalue weighted by Crippen LogP contribution is 2.23. The third-order valence-corrected chi connectivity index (χ3v) is 2.52. The molecule has 2 heterocycles. The van der Waals surface area contributed by atoms with E-state index in [1.807, 2.05) is 0 Å². The van der Waals surface area contributed by atoms with E-state index >= 15 is 0 Å². The zero-order valence-corrected chi connectivity index (χ0v) is 10.1. The van der Waals surface area contributed by atoms with E-state index in [1.165, 1.54) is 30.7 Å². The number of aryl methyl sites for hydroxylation is 1. The Morgan fingerprint density at radius 1 is 1.37 bits per heavy atom. The molecule has 0 aromatic carbocycles. The second kappa shape index (κ2) is 4.44. The van der Waals surface area contributed by atoms with Crippen molar-refractivity contribution in [2.24, 2.45) is 0 Å². The largest absolute Gasteiger partial charge is 0.476 e. The Bertz CT molecular complexity index is 661. The first kappa shape index (κ1) is 12.6. The number of carbonyl (C=O) groups is 1. The SMILES string of the molecule is Cc1nn(-c2ccc(C(=O)O)nn2)c(C)c1[N+](=O)[O-]. The average Bonchev–Trinajstić information content (AvgIpc) is 2.65. The fraction of sp³-hybridized carbons (Fsp3) is 0.200. The number of hydrogen-bond donors (Lipinski definition) is 1. The van der Waals surface area contributed by atoms with Crippen LogP contribution in [0.25, 0.3) is 5.82 Å². The smallest absolute Gasteiger partial charge is 0.356 e. The van der Waals surface area contributed by atoms with Crippen molar-refractivity contribution in [2.75, 3.05) is 0 Å². The summed E-state index contributed by atoms with van der Waals surface area (Å²) in [4.78, 5) is 21.0. The molecule has 2 aromatic heterocycles. The summed E-state index contributed by atoms with van der Waals surface area (Å²) in [6.07, 6.45) is 0. The highest BCUT2D eigenvalue weighted by Gasteiger charge is 2.23. The highest BCUT2D eigenvalue weighted by molar-refractivity contribution is 5.85. The molecule has 0 spiro atoms. The summed E-state index contributed by atoms with van der Waals surface area (Å²) < 4.78 is 1.26. The van der Waals surface area contributed by atoms with Crippen molar-refractivity contribution >= 4 is 11.7 Å². The lowest BCUT2D eigenvalue weighted by Gasteiger charge is -2.01. The van der Waals surface area contributed by atoms with E-state index in [2.05, 4.69) is 15.3 Å². The van der Waals surface area contributed by atoms with Crippen LogP contribution in [0.15, 0.2) is 12.1 Å². The molecule has 0 unspecified atom stereocenters. The Kier molecular flexibility index (Phi) is 2.95. The highest BCUT2D eigenvalue weighted by atomic mass is 16.6. The van der Waals surface area contributed by atoms with Crippen molar-refractivity contribution in [3.63, 3.8) is 0 Å². The van der Waals surface area contributed by atoms with Gasteiger partial charge in [0.15, 0.2) is 11.5 Å². The minimum atomic E-state index is -1.20. The molecule has 0 aliphatic heterocycles. The molecule has 0 fully saturated rings. The molecule has 2 aromatic rings. The van der Waals surface area contributed by atoms with E-state index in [0.717, 1.165) is 0 Å². The van der Waals surface area contributed by atoms with E-state index in [0.29, 0.717) is 5.69 Å². The molecule has 19 heavy (non-hydrogen) atoms. The summed E-state index contributed by atoms with van der Waals surface area (Å²) in [7, 11) is 0. The van der Waals surface area contributed by atoms with Gasteiger partial charge in [-0.25, -0.2) is 9.48 Å². The monoisotopic (exact) mass is 263 g/mol. The molecule has 0 atom stereocenters. The molecular weight excluding hydrogens is 254 g/mol. The molecule has 0 aliphatic rings.